The maximum Gasteiger partial charge on any atom is 0.0714 e. The van der Waals surface area contributed by atoms with Gasteiger partial charge in [-0.05, 0) is 93.7 Å². The van der Waals surface area contributed by atoms with Gasteiger partial charge in [0.2, 0.25) is 0 Å². The van der Waals surface area contributed by atoms with Crippen LogP contribution in [0, 0.1) is 0 Å². The normalized spacial score (nSPS) is 14.4. The van der Waals surface area contributed by atoms with Crippen LogP contribution in [0.1, 0.15) is 36.1 Å². The molecular formula is C48H41N. The Hall–Kier alpha value is -5.92. The van der Waals surface area contributed by atoms with E-state index in [-0.39, 0.29) is 0 Å². The third-order valence-electron chi connectivity index (χ3n) is 9.74. The Bertz CT molecular complexity index is 2160. The summed E-state index contributed by atoms with van der Waals surface area (Å²) in [5.74, 6) is 0. The van der Waals surface area contributed by atoms with Crippen molar-refractivity contribution in [2.45, 2.75) is 19.3 Å². The first kappa shape index (κ1) is 31.7. The maximum atomic E-state index is 2.42. The molecule has 1 aliphatic carbocycles. The van der Waals surface area contributed by atoms with E-state index in [4.69, 9.17) is 0 Å². The minimum Gasteiger partial charge on any atom is -0.345 e. The van der Waals surface area contributed by atoms with Crippen molar-refractivity contribution in [2.75, 3.05) is 11.9 Å². The highest BCUT2D eigenvalue weighted by Gasteiger charge is 2.46. The molecule has 0 N–H and O–H groups in total. The lowest BCUT2D eigenvalue weighted by Crippen LogP contribution is -2.28. The van der Waals surface area contributed by atoms with E-state index >= 15 is 0 Å². The number of rotatable bonds is 6. The summed E-state index contributed by atoms with van der Waals surface area (Å²) < 4.78 is 0. The molecule has 0 bridgehead atoms. The molecular weight excluding hydrogens is 591 g/mol. The van der Waals surface area contributed by atoms with Crippen molar-refractivity contribution in [3.05, 3.63) is 216 Å². The molecule has 1 nitrogen and oxygen atoms in total. The van der Waals surface area contributed by atoms with Gasteiger partial charge in [-0.1, -0.05) is 170 Å². The smallest absolute Gasteiger partial charge is 0.0714 e. The van der Waals surface area contributed by atoms with Crippen LogP contribution in [-0.4, -0.2) is 7.05 Å². The Morgan fingerprint density at radius 1 is 0.388 bits per heavy atom. The van der Waals surface area contributed by atoms with Gasteiger partial charge in [0.15, 0.2) is 0 Å². The molecule has 238 valence electrons. The van der Waals surface area contributed by atoms with E-state index in [1.54, 1.807) is 0 Å². The van der Waals surface area contributed by atoms with Gasteiger partial charge in [0.25, 0.3) is 0 Å². The molecule has 0 spiro atoms. The number of hydrogen-bond acceptors (Lipinski definition) is 1. The fraction of sp³-hybridized carbons (Fsp3) is 0.0833. The number of benzene rings is 7. The molecule has 0 aliphatic heterocycles. The summed E-state index contributed by atoms with van der Waals surface area (Å²) >= 11 is 0. The van der Waals surface area contributed by atoms with Crippen molar-refractivity contribution in [2.24, 2.45) is 0 Å². The van der Waals surface area contributed by atoms with Gasteiger partial charge >= 0.3 is 0 Å². The van der Waals surface area contributed by atoms with Crippen LogP contribution in [0.3, 0.4) is 0 Å². The monoisotopic (exact) mass is 631 g/mol. The molecule has 49 heavy (non-hydrogen) atoms. The SMILES string of the molecule is C/C=C\C.CN(c1ccc(-c2ccccc2)cc1)c1ccc2c(c1)C(c1ccccc1)(c1ccc(-c3ccccc3)cc1)c1ccccc1-2. The van der Waals surface area contributed by atoms with E-state index in [9.17, 15) is 0 Å². The van der Waals surface area contributed by atoms with E-state index in [1.807, 2.05) is 26.0 Å². The zero-order valence-corrected chi connectivity index (χ0v) is 28.4. The van der Waals surface area contributed by atoms with E-state index in [2.05, 4.69) is 194 Å². The lowest BCUT2D eigenvalue weighted by molar-refractivity contribution is 0.768. The second-order valence-electron chi connectivity index (χ2n) is 12.5. The molecule has 0 aromatic heterocycles. The molecule has 7 aromatic carbocycles. The Kier molecular flexibility index (Phi) is 9.08. The molecule has 1 heteroatoms. The van der Waals surface area contributed by atoms with Crippen molar-refractivity contribution >= 4 is 11.4 Å². The summed E-state index contributed by atoms with van der Waals surface area (Å²) in [6.07, 6.45) is 4.00. The fourth-order valence-corrected chi connectivity index (χ4v) is 7.15. The van der Waals surface area contributed by atoms with Gasteiger partial charge in [-0.25, -0.2) is 0 Å². The minimum absolute atomic E-state index is 0.448. The second-order valence-corrected chi connectivity index (χ2v) is 12.5. The van der Waals surface area contributed by atoms with E-state index in [0.29, 0.717) is 0 Å². The molecule has 0 heterocycles. The van der Waals surface area contributed by atoms with Gasteiger partial charge in [-0.3, -0.25) is 0 Å². The molecule has 0 saturated carbocycles. The zero-order valence-electron chi connectivity index (χ0n) is 28.4. The average molecular weight is 632 g/mol. The minimum atomic E-state index is -0.448. The standard InChI is InChI=1S/C44H33N.C4H8/c1-45(38-27-23-35(24-28-38)33-15-7-3-8-16-33)39-29-30-41-40-19-11-12-20-42(40)44(43(41)31-39,36-17-9-4-10-18-36)37-25-21-34(22-26-37)32-13-5-2-6-14-32;1-3-4-2/h2-31H,1H3;3-4H,1-2H3/b;4-3-. The van der Waals surface area contributed by atoms with E-state index in [1.165, 1.54) is 55.6 Å². The summed E-state index contributed by atoms with van der Waals surface area (Å²) in [6.45, 7) is 4.00. The Balaban J connectivity index is 0.000000898. The molecule has 7 aromatic rings. The van der Waals surface area contributed by atoms with Crippen LogP contribution in [0.25, 0.3) is 33.4 Å². The highest BCUT2D eigenvalue weighted by Crippen LogP contribution is 2.57. The zero-order chi connectivity index (χ0) is 33.6. The molecule has 8 rings (SSSR count). The highest BCUT2D eigenvalue weighted by molar-refractivity contribution is 5.88. The quantitative estimate of drug-likeness (QED) is 0.165. The van der Waals surface area contributed by atoms with Crippen LogP contribution >= 0.6 is 0 Å². The van der Waals surface area contributed by atoms with Crippen molar-refractivity contribution < 1.29 is 0 Å². The second kappa shape index (κ2) is 14.1. The summed E-state index contributed by atoms with van der Waals surface area (Å²) in [5, 5.41) is 0. The van der Waals surface area contributed by atoms with Crippen LogP contribution in [0.15, 0.2) is 194 Å². The maximum absolute atomic E-state index is 2.42. The summed E-state index contributed by atoms with van der Waals surface area (Å²) in [4.78, 5) is 2.30. The predicted octanol–water partition coefficient (Wildman–Crippen LogP) is 12.7. The number of fused-ring (bicyclic) bond motifs is 3. The Morgan fingerprint density at radius 2 is 0.816 bits per heavy atom. The van der Waals surface area contributed by atoms with Crippen molar-refractivity contribution in [3.8, 4) is 33.4 Å². The number of hydrogen-bond donors (Lipinski definition) is 0. The van der Waals surface area contributed by atoms with Gasteiger partial charge in [-0.15, -0.1) is 0 Å². The lowest BCUT2D eigenvalue weighted by atomic mass is 9.67. The topological polar surface area (TPSA) is 3.24 Å². The van der Waals surface area contributed by atoms with E-state index in [0.717, 1.165) is 11.4 Å². The molecule has 1 atom stereocenters. The fourth-order valence-electron chi connectivity index (χ4n) is 7.15. The largest absolute Gasteiger partial charge is 0.345 e. The third-order valence-corrected chi connectivity index (χ3v) is 9.74. The first-order valence-corrected chi connectivity index (χ1v) is 17.1. The molecule has 0 saturated heterocycles. The summed E-state index contributed by atoms with van der Waals surface area (Å²) in [6, 6.07) is 66.2. The highest BCUT2D eigenvalue weighted by atomic mass is 15.1. The van der Waals surface area contributed by atoms with Gasteiger partial charge in [0.05, 0.1) is 5.41 Å². The van der Waals surface area contributed by atoms with Crippen LogP contribution in [-0.2, 0) is 5.41 Å². The molecule has 1 aliphatic rings. The van der Waals surface area contributed by atoms with Crippen LogP contribution in [0.5, 0.6) is 0 Å². The number of anilines is 2. The van der Waals surface area contributed by atoms with Crippen LogP contribution in [0.2, 0.25) is 0 Å². The number of allylic oxidation sites excluding steroid dienone is 2. The van der Waals surface area contributed by atoms with Gasteiger partial charge in [-0.2, -0.15) is 0 Å². The van der Waals surface area contributed by atoms with Gasteiger partial charge < -0.3 is 4.90 Å². The Labute approximate surface area is 291 Å². The van der Waals surface area contributed by atoms with Gasteiger partial charge in [0.1, 0.15) is 0 Å². The molecule has 0 radical (unpaired) electrons. The first-order chi connectivity index (χ1) is 24.1. The van der Waals surface area contributed by atoms with Gasteiger partial charge in [0, 0.05) is 18.4 Å². The molecule has 0 fully saturated rings. The van der Waals surface area contributed by atoms with Crippen molar-refractivity contribution in [1.82, 2.24) is 0 Å². The van der Waals surface area contributed by atoms with E-state index < -0.39 is 5.41 Å². The van der Waals surface area contributed by atoms with Crippen LogP contribution < -0.4 is 4.90 Å². The molecule has 1 unspecified atom stereocenters. The average Bonchev–Trinajstić information content (AvgIpc) is 3.49. The van der Waals surface area contributed by atoms with Crippen molar-refractivity contribution in [1.29, 1.82) is 0 Å². The lowest BCUT2D eigenvalue weighted by Gasteiger charge is -2.34. The predicted molar refractivity (Wildman–Crippen MR) is 210 cm³/mol. The van der Waals surface area contributed by atoms with Crippen LogP contribution in [0.4, 0.5) is 11.4 Å². The summed E-state index contributed by atoms with van der Waals surface area (Å²) in [5.41, 5.74) is 14.5. The first-order valence-electron chi connectivity index (χ1n) is 17.1. The Morgan fingerprint density at radius 3 is 1.39 bits per heavy atom. The summed E-state index contributed by atoms with van der Waals surface area (Å²) in [7, 11) is 2.17. The molecule has 0 amide bonds. The van der Waals surface area contributed by atoms with Crippen molar-refractivity contribution in [3.63, 3.8) is 0 Å². The third kappa shape index (κ3) is 5.90. The number of nitrogens with zero attached hydrogens (tertiary/aromatic N) is 1.